The molecule has 3 aromatic rings. The van der Waals surface area contributed by atoms with Crippen molar-refractivity contribution in [2.24, 2.45) is 0 Å². The first-order chi connectivity index (χ1) is 10.4. The number of hydrogen-bond acceptors (Lipinski definition) is 3. The van der Waals surface area contributed by atoms with E-state index in [1.165, 1.54) is 5.56 Å². The summed E-state index contributed by atoms with van der Waals surface area (Å²) in [5, 5.41) is 10.7. The first kappa shape index (κ1) is 13.5. The Morgan fingerprint density at radius 1 is 0.905 bits per heavy atom. The zero-order valence-electron chi connectivity index (χ0n) is 11.6. The molecule has 106 valence electrons. The van der Waals surface area contributed by atoms with Crippen LogP contribution in [0.3, 0.4) is 0 Å². The highest BCUT2D eigenvalue weighted by Gasteiger charge is 2.16. The highest BCUT2D eigenvalue weighted by molar-refractivity contribution is 5.18. The lowest BCUT2D eigenvalue weighted by molar-refractivity contribution is 0.0370. The van der Waals surface area contributed by atoms with Crippen molar-refractivity contribution in [2.45, 2.75) is 19.1 Å². The highest BCUT2D eigenvalue weighted by Crippen LogP contribution is 2.21. The minimum Gasteiger partial charge on any atom is -0.367 e. The Bertz CT molecular complexity index is 638. The van der Waals surface area contributed by atoms with Crippen LogP contribution in [0.2, 0.25) is 0 Å². The van der Waals surface area contributed by atoms with Crippen LogP contribution >= 0.6 is 0 Å². The molecule has 21 heavy (non-hydrogen) atoms. The molecule has 0 radical (unpaired) electrons. The van der Waals surface area contributed by atoms with Gasteiger partial charge in [0.1, 0.15) is 11.8 Å². The van der Waals surface area contributed by atoms with Crippen LogP contribution in [-0.2, 0) is 17.8 Å². The van der Waals surface area contributed by atoms with Crippen molar-refractivity contribution in [2.75, 3.05) is 0 Å². The lowest BCUT2D eigenvalue weighted by Gasteiger charge is -2.16. The molecule has 3 rings (SSSR count). The zero-order valence-corrected chi connectivity index (χ0v) is 11.6. The normalized spacial score (nSPS) is 12.2. The van der Waals surface area contributed by atoms with Gasteiger partial charge in [-0.3, -0.25) is 0 Å². The average molecular weight is 279 g/mol. The van der Waals surface area contributed by atoms with Crippen LogP contribution < -0.4 is 0 Å². The third-order valence-corrected chi connectivity index (χ3v) is 3.32. The van der Waals surface area contributed by atoms with Gasteiger partial charge in [-0.15, -0.1) is 0 Å². The molecule has 0 spiro atoms. The summed E-state index contributed by atoms with van der Waals surface area (Å²) < 4.78 is 6.05. The first-order valence-corrected chi connectivity index (χ1v) is 6.97. The fourth-order valence-electron chi connectivity index (χ4n) is 2.21. The maximum Gasteiger partial charge on any atom is 0.112 e. The highest BCUT2D eigenvalue weighted by atomic mass is 16.5. The van der Waals surface area contributed by atoms with Gasteiger partial charge in [0.15, 0.2) is 0 Å². The Morgan fingerprint density at radius 2 is 1.57 bits per heavy atom. The number of ether oxygens (including phenoxy) is 1. The van der Waals surface area contributed by atoms with Gasteiger partial charge in [-0.1, -0.05) is 60.7 Å². The summed E-state index contributed by atoms with van der Waals surface area (Å²) in [6.45, 7) is 0.561. The number of aromatic nitrogens is 3. The largest absolute Gasteiger partial charge is 0.367 e. The number of H-pyrrole nitrogens is 1. The van der Waals surface area contributed by atoms with Crippen LogP contribution in [-0.4, -0.2) is 15.4 Å². The van der Waals surface area contributed by atoms with E-state index in [9.17, 15) is 0 Å². The molecule has 2 aromatic carbocycles. The van der Waals surface area contributed by atoms with Gasteiger partial charge >= 0.3 is 0 Å². The molecule has 4 heteroatoms. The lowest BCUT2D eigenvalue weighted by Crippen LogP contribution is -2.08. The average Bonchev–Trinajstić information content (AvgIpc) is 3.08. The van der Waals surface area contributed by atoms with E-state index in [4.69, 9.17) is 4.74 Å². The molecule has 0 saturated carbocycles. The quantitative estimate of drug-likeness (QED) is 0.753. The lowest BCUT2D eigenvalue weighted by atomic mass is 10.1. The van der Waals surface area contributed by atoms with Gasteiger partial charge in [0.05, 0.1) is 12.8 Å². The van der Waals surface area contributed by atoms with Crippen molar-refractivity contribution >= 4 is 0 Å². The summed E-state index contributed by atoms with van der Waals surface area (Å²) in [6.07, 6.45) is 2.39. The van der Waals surface area contributed by atoms with Crippen molar-refractivity contribution < 1.29 is 4.74 Å². The van der Waals surface area contributed by atoms with E-state index < -0.39 is 0 Å². The van der Waals surface area contributed by atoms with E-state index in [0.717, 1.165) is 17.7 Å². The molecule has 4 nitrogen and oxygen atoms in total. The Kier molecular flexibility index (Phi) is 4.39. The number of nitrogens with zero attached hydrogens (tertiary/aromatic N) is 2. The summed E-state index contributed by atoms with van der Waals surface area (Å²) in [4.78, 5) is 0. The van der Waals surface area contributed by atoms with Crippen molar-refractivity contribution in [3.8, 4) is 0 Å². The predicted molar refractivity (Wildman–Crippen MR) is 80.5 cm³/mol. The Morgan fingerprint density at radius 3 is 2.19 bits per heavy atom. The Hall–Kier alpha value is -2.46. The number of hydrogen-bond donors (Lipinski definition) is 1. The van der Waals surface area contributed by atoms with E-state index in [0.29, 0.717) is 6.61 Å². The molecule has 0 saturated heterocycles. The molecule has 1 heterocycles. The zero-order chi connectivity index (χ0) is 14.3. The van der Waals surface area contributed by atoms with Crippen LogP contribution in [0.5, 0.6) is 0 Å². The van der Waals surface area contributed by atoms with Crippen LogP contribution in [0.4, 0.5) is 0 Å². The van der Waals surface area contributed by atoms with E-state index in [-0.39, 0.29) is 6.10 Å². The molecule has 0 bridgehead atoms. The van der Waals surface area contributed by atoms with E-state index in [1.807, 2.05) is 36.4 Å². The van der Waals surface area contributed by atoms with E-state index >= 15 is 0 Å². The summed E-state index contributed by atoms with van der Waals surface area (Å²) in [6, 6.07) is 20.4. The third kappa shape index (κ3) is 3.77. The second-order valence-corrected chi connectivity index (χ2v) is 4.87. The van der Waals surface area contributed by atoms with Gasteiger partial charge in [0.2, 0.25) is 0 Å². The summed E-state index contributed by atoms with van der Waals surface area (Å²) >= 11 is 0. The standard InChI is InChI=1S/C17H17N3O/c1-3-7-14(8-4-1)11-17(16-12-18-20-19-16)21-13-15-9-5-2-6-10-15/h1-10,12,17H,11,13H2,(H,18,19,20). The maximum absolute atomic E-state index is 6.05. The molecule has 0 amide bonds. The molecule has 0 aliphatic rings. The van der Waals surface area contributed by atoms with Crippen molar-refractivity contribution in [1.82, 2.24) is 15.4 Å². The van der Waals surface area contributed by atoms with Gasteiger partial charge in [-0.25, -0.2) is 0 Å². The van der Waals surface area contributed by atoms with Gasteiger partial charge in [0, 0.05) is 6.42 Å². The molecular weight excluding hydrogens is 262 g/mol. The number of rotatable bonds is 6. The number of benzene rings is 2. The number of aromatic amines is 1. The predicted octanol–water partition coefficient (Wildman–Crippen LogP) is 3.31. The van der Waals surface area contributed by atoms with Gasteiger partial charge in [-0.2, -0.15) is 15.4 Å². The topological polar surface area (TPSA) is 50.8 Å². The van der Waals surface area contributed by atoms with E-state index in [1.54, 1.807) is 6.20 Å². The molecule has 1 N–H and O–H groups in total. The molecule has 1 unspecified atom stereocenters. The second kappa shape index (κ2) is 6.81. The summed E-state index contributed by atoms with van der Waals surface area (Å²) in [5.41, 5.74) is 3.20. The fraction of sp³-hybridized carbons (Fsp3) is 0.176. The fourth-order valence-corrected chi connectivity index (χ4v) is 2.21. The van der Waals surface area contributed by atoms with Crippen molar-refractivity contribution in [1.29, 1.82) is 0 Å². The van der Waals surface area contributed by atoms with Crippen LogP contribution in [0.15, 0.2) is 66.9 Å². The van der Waals surface area contributed by atoms with Gasteiger partial charge in [-0.05, 0) is 11.1 Å². The number of nitrogens with one attached hydrogen (secondary N) is 1. The van der Waals surface area contributed by atoms with Gasteiger partial charge in [0.25, 0.3) is 0 Å². The van der Waals surface area contributed by atoms with Crippen LogP contribution in [0.1, 0.15) is 22.9 Å². The summed E-state index contributed by atoms with van der Waals surface area (Å²) in [7, 11) is 0. The molecule has 0 aliphatic heterocycles. The minimum atomic E-state index is -0.105. The van der Waals surface area contributed by atoms with E-state index in [2.05, 4.69) is 39.7 Å². The first-order valence-electron chi connectivity index (χ1n) is 6.97. The Balaban J connectivity index is 1.71. The summed E-state index contributed by atoms with van der Waals surface area (Å²) in [5.74, 6) is 0. The van der Waals surface area contributed by atoms with Crippen molar-refractivity contribution in [3.63, 3.8) is 0 Å². The molecule has 0 aliphatic carbocycles. The van der Waals surface area contributed by atoms with Crippen molar-refractivity contribution in [3.05, 3.63) is 83.7 Å². The monoisotopic (exact) mass is 279 g/mol. The molecule has 0 fully saturated rings. The van der Waals surface area contributed by atoms with Crippen LogP contribution in [0.25, 0.3) is 0 Å². The smallest absolute Gasteiger partial charge is 0.112 e. The van der Waals surface area contributed by atoms with Gasteiger partial charge < -0.3 is 4.74 Å². The van der Waals surface area contributed by atoms with Crippen LogP contribution in [0, 0.1) is 0 Å². The molecular formula is C17H17N3O. The maximum atomic E-state index is 6.05. The third-order valence-electron chi connectivity index (χ3n) is 3.32. The SMILES string of the molecule is c1ccc(COC(Cc2ccccc2)c2cn[nH]n2)cc1. The molecule has 1 aromatic heterocycles. The minimum absolute atomic E-state index is 0.105. The molecule has 1 atom stereocenters. The second-order valence-electron chi connectivity index (χ2n) is 4.87. The Labute approximate surface area is 123 Å².